The Morgan fingerprint density at radius 1 is 0.927 bits per heavy atom. The Kier molecular flexibility index (Phi) is 17.1. The van der Waals surface area contributed by atoms with Gasteiger partial charge in [-0.3, -0.25) is 24.1 Å². The number of nitrogens with zero attached hydrogens (tertiary/aromatic N) is 4. The molecule has 1 heterocycles. The maximum absolute atomic E-state index is 13.3. The number of carbonyl (C=O) groups excluding carboxylic acids is 8. The zero-order chi connectivity index (χ0) is 40.5. The minimum atomic E-state index is -0.798. The average molecular weight is 771 g/mol. The number of benzene rings is 1. The molecule has 300 valence electrons. The van der Waals surface area contributed by atoms with Gasteiger partial charge in [0.1, 0.15) is 25.0 Å². The monoisotopic (exact) mass is 770 g/mol. The van der Waals surface area contributed by atoms with Gasteiger partial charge in [0, 0.05) is 65.5 Å². The summed E-state index contributed by atoms with van der Waals surface area (Å²) in [5.41, 5.74) is 0.346. The fourth-order valence-electron chi connectivity index (χ4n) is 5.33. The van der Waals surface area contributed by atoms with Crippen LogP contribution in [0.4, 0.5) is 14.4 Å². The highest BCUT2D eigenvalue weighted by Gasteiger charge is 2.25. The van der Waals surface area contributed by atoms with Crippen LogP contribution >= 0.6 is 0 Å². The fourth-order valence-corrected chi connectivity index (χ4v) is 5.33. The van der Waals surface area contributed by atoms with Gasteiger partial charge in [0.25, 0.3) is 17.7 Å². The number of methoxy groups -OCH3 is 1. The van der Waals surface area contributed by atoms with Crippen molar-refractivity contribution in [3.8, 4) is 5.75 Å². The number of esters is 1. The Labute approximate surface area is 319 Å². The Bertz CT molecular complexity index is 1630. The van der Waals surface area contributed by atoms with E-state index in [0.717, 1.165) is 42.7 Å². The molecule has 3 rings (SSSR count). The molecule has 0 saturated carbocycles. The molecule has 1 aliphatic carbocycles. The van der Waals surface area contributed by atoms with Crippen LogP contribution < -0.4 is 15.4 Å². The smallest absolute Gasteiger partial charge is 0.412 e. The number of rotatable bonds is 16. The molecule has 2 N–H and O–H groups in total. The summed E-state index contributed by atoms with van der Waals surface area (Å²) in [7, 11) is 5.58. The molecule has 0 radical (unpaired) electrons. The highest BCUT2D eigenvalue weighted by atomic mass is 16.6. The molecule has 2 aliphatic rings. The van der Waals surface area contributed by atoms with E-state index in [2.05, 4.69) is 21.4 Å². The first-order valence-electron chi connectivity index (χ1n) is 17.9. The van der Waals surface area contributed by atoms with E-state index in [1.807, 2.05) is 6.08 Å². The molecule has 2 atom stereocenters. The third-order valence-corrected chi connectivity index (χ3v) is 8.91. The van der Waals surface area contributed by atoms with Crippen LogP contribution in [0.3, 0.4) is 0 Å². The topological polar surface area (TPSA) is 210 Å². The number of hydrogen-bond donors (Lipinski definition) is 2. The summed E-state index contributed by atoms with van der Waals surface area (Å²) in [6.07, 6.45) is 8.37. The Morgan fingerprint density at radius 3 is 2.27 bits per heavy atom. The van der Waals surface area contributed by atoms with Crippen LogP contribution in [0.1, 0.15) is 61.4 Å². The van der Waals surface area contributed by atoms with Crippen molar-refractivity contribution in [3.05, 3.63) is 53.6 Å². The molecule has 1 aliphatic heterocycles. The molecule has 0 aromatic heterocycles. The van der Waals surface area contributed by atoms with Gasteiger partial charge in [-0.05, 0) is 50.3 Å². The largest absolute Gasteiger partial charge is 0.467 e. The molecule has 18 heteroatoms. The molecule has 0 fully saturated rings. The van der Waals surface area contributed by atoms with Gasteiger partial charge in [-0.2, -0.15) is 0 Å². The number of hydrogen-bond acceptors (Lipinski definition) is 12. The van der Waals surface area contributed by atoms with Crippen molar-refractivity contribution in [1.82, 2.24) is 30.2 Å². The number of imide groups is 1. The maximum Gasteiger partial charge on any atom is 0.412 e. The van der Waals surface area contributed by atoms with Crippen LogP contribution in [0.15, 0.2) is 42.5 Å². The third-order valence-electron chi connectivity index (χ3n) is 8.91. The highest BCUT2D eigenvalue weighted by Crippen LogP contribution is 2.22. The van der Waals surface area contributed by atoms with Gasteiger partial charge < -0.3 is 44.3 Å². The Hall–Kier alpha value is -5.94. The van der Waals surface area contributed by atoms with E-state index in [0.29, 0.717) is 12.0 Å². The van der Waals surface area contributed by atoms with Crippen molar-refractivity contribution in [1.29, 1.82) is 0 Å². The first-order valence-corrected chi connectivity index (χ1v) is 17.9. The van der Waals surface area contributed by atoms with Crippen LogP contribution in [0.2, 0.25) is 0 Å². The summed E-state index contributed by atoms with van der Waals surface area (Å²) in [6.45, 7) is 1.01. The number of amides is 7. The van der Waals surface area contributed by atoms with E-state index in [9.17, 15) is 38.4 Å². The second-order valence-corrected chi connectivity index (χ2v) is 12.9. The molecule has 0 saturated heterocycles. The summed E-state index contributed by atoms with van der Waals surface area (Å²) in [4.78, 5) is 104. The zero-order valence-electron chi connectivity index (χ0n) is 31.9. The van der Waals surface area contributed by atoms with Crippen LogP contribution in [0, 0.1) is 0 Å². The van der Waals surface area contributed by atoms with Gasteiger partial charge in [0.2, 0.25) is 5.91 Å². The molecular weight excluding hydrogens is 720 g/mol. The van der Waals surface area contributed by atoms with Crippen molar-refractivity contribution in [2.24, 2.45) is 0 Å². The van der Waals surface area contributed by atoms with Gasteiger partial charge in [-0.1, -0.05) is 24.6 Å². The van der Waals surface area contributed by atoms with Gasteiger partial charge in [-0.15, -0.1) is 0 Å². The van der Waals surface area contributed by atoms with E-state index in [1.165, 1.54) is 68.1 Å². The molecule has 7 amide bonds. The summed E-state index contributed by atoms with van der Waals surface area (Å²) in [5, 5.41) is 5.47. The van der Waals surface area contributed by atoms with Crippen LogP contribution in [-0.4, -0.2) is 141 Å². The number of nitrogens with one attached hydrogen (secondary N) is 2. The molecule has 0 spiro atoms. The zero-order valence-corrected chi connectivity index (χ0v) is 31.9. The summed E-state index contributed by atoms with van der Waals surface area (Å²) in [6, 6.07) is 3.40. The fraction of sp³-hybridized carbons (Fsp3) is 0.514. The molecule has 55 heavy (non-hydrogen) atoms. The number of carbonyl (C=O) groups is 8. The minimum Gasteiger partial charge on any atom is -0.467 e. The lowest BCUT2D eigenvalue weighted by atomic mass is 10.0. The van der Waals surface area contributed by atoms with E-state index in [4.69, 9.17) is 14.2 Å². The standard InChI is InChI=1S/C37H50N6O12/c1-25(34(48)52-5)42(4)30(44)17-22-53-36(50)40(2)20-21-41(3)37(51)54-24-26-13-14-29(55-35(49)39-27-11-9-7-6-8-10-12-27)28(23-26)33(47)38-18-19-43-31(45)15-16-32(43)46/h7,9,13-16,23,25,27H,6,8,10-12,17-22,24H2,1-5H3,(H,38,47)(H,39,49)/b9-7+/t25-,27?/m0/s1. The summed E-state index contributed by atoms with van der Waals surface area (Å²) >= 11 is 0. The second-order valence-electron chi connectivity index (χ2n) is 12.9. The van der Waals surface area contributed by atoms with Gasteiger partial charge in [-0.25, -0.2) is 19.2 Å². The van der Waals surface area contributed by atoms with E-state index < -0.39 is 53.9 Å². The second kappa shape index (κ2) is 21.7. The maximum atomic E-state index is 13.3. The van der Waals surface area contributed by atoms with Crippen molar-refractivity contribution in [3.63, 3.8) is 0 Å². The predicted molar refractivity (Wildman–Crippen MR) is 195 cm³/mol. The third kappa shape index (κ3) is 13.8. The first kappa shape index (κ1) is 43.5. The highest BCUT2D eigenvalue weighted by molar-refractivity contribution is 6.12. The van der Waals surface area contributed by atoms with Gasteiger partial charge in [0.15, 0.2) is 0 Å². The SMILES string of the molecule is COC(=O)[C@H](C)N(C)C(=O)CCOC(=O)N(C)CCN(C)C(=O)OCc1ccc(OC(=O)NC2C/C=C/CCCC2)c(C(=O)NCCN2C(=O)C=CC2=O)c1. The normalized spacial score (nSPS) is 16.2. The molecule has 1 aromatic carbocycles. The Morgan fingerprint density at radius 2 is 1.60 bits per heavy atom. The van der Waals surface area contributed by atoms with Crippen LogP contribution in [0.5, 0.6) is 5.75 Å². The number of likely N-dealkylation sites (N-methyl/N-ethyl adjacent to an activating group) is 3. The molecule has 0 bridgehead atoms. The predicted octanol–water partition coefficient (Wildman–Crippen LogP) is 2.37. The lowest BCUT2D eigenvalue weighted by Crippen LogP contribution is -2.41. The van der Waals surface area contributed by atoms with Gasteiger partial charge in [0.05, 0.1) is 19.1 Å². The lowest BCUT2D eigenvalue weighted by molar-refractivity contribution is -0.151. The number of ether oxygens (including phenoxy) is 4. The van der Waals surface area contributed by atoms with E-state index in [1.54, 1.807) is 0 Å². The van der Waals surface area contributed by atoms with E-state index >= 15 is 0 Å². The quantitative estimate of drug-likeness (QED) is 0.107. The lowest BCUT2D eigenvalue weighted by Gasteiger charge is -2.23. The molecule has 18 nitrogen and oxygen atoms in total. The van der Waals surface area contributed by atoms with Crippen molar-refractivity contribution < 1.29 is 57.3 Å². The van der Waals surface area contributed by atoms with Crippen LogP contribution in [-0.2, 0) is 40.0 Å². The first-order chi connectivity index (χ1) is 26.2. The van der Waals surface area contributed by atoms with Crippen LogP contribution in [0.25, 0.3) is 0 Å². The van der Waals surface area contributed by atoms with E-state index in [-0.39, 0.29) is 63.2 Å². The van der Waals surface area contributed by atoms with Crippen molar-refractivity contribution in [2.45, 2.75) is 64.1 Å². The number of allylic oxidation sites excluding steroid dienone is 1. The van der Waals surface area contributed by atoms with Crippen molar-refractivity contribution >= 4 is 47.9 Å². The summed E-state index contributed by atoms with van der Waals surface area (Å²) in [5.74, 6) is -2.69. The van der Waals surface area contributed by atoms with Crippen molar-refractivity contribution in [2.75, 3.05) is 61.0 Å². The molecule has 1 unspecified atom stereocenters. The average Bonchev–Trinajstić information content (AvgIpc) is 3.48. The molecule has 1 aromatic rings. The Balaban J connectivity index is 1.54. The minimum absolute atomic E-state index is 0.0433. The molecular formula is C37H50N6O12. The van der Waals surface area contributed by atoms with Gasteiger partial charge >= 0.3 is 24.2 Å². The summed E-state index contributed by atoms with van der Waals surface area (Å²) < 4.78 is 20.8.